The number of rotatable bonds is 6. The zero-order chi connectivity index (χ0) is 11.3. The molecule has 0 fully saturated rings. The zero-order valence-corrected chi connectivity index (χ0v) is 9.82. The second-order valence-corrected chi connectivity index (χ2v) is 4.23. The van der Waals surface area contributed by atoms with Crippen LogP contribution in [0.3, 0.4) is 0 Å². The van der Waals surface area contributed by atoms with Crippen molar-refractivity contribution in [1.82, 2.24) is 15.1 Å². The molecule has 1 aromatic heterocycles. The van der Waals surface area contributed by atoms with Gasteiger partial charge in [0.1, 0.15) is 0 Å². The van der Waals surface area contributed by atoms with Gasteiger partial charge in [0.05, 0.1) is 11.8 Å². The molecule has 15 heavy (non-hydrogen) atoms. The normalized spacial score (nSPS) is 15.2. The minimum absolute atomic E-state index is 0.648. The van der Waals surface area contributed by atoms with Crippen molar-refractivity contribution in [2.45, 2.75) is 38.8 Å². The van der Waals surface area contributed by atoms with Gasteiger partial charge in [-0.15, -0.1) is 0 Å². The highest BCUT2D eigenvalue weighted by molar-refractivity contribution is 5.07. The van der Waals surface area contributed by atoms with Crippen LogP contribution in [0.25, 0.3) is 0 Å². The monoisotopic (exact) mass is 211 g/mol. The van der Waals surface area contributed by atoms with Crippen LogP contribution in [0.1, 0.15) is 25.8 Å². The van der Waals surface area contributed by atoms with E-state index in [9.17, 15) is 5.11 Å². The average Bonchev–Trinajstić information content (AvgIpc) is 2.62. The van der Waals surface area contributed by atoms with Gasteiger partial charge in [-0.3, -0.25) is 4.68 Å². The number of aromatic nitrogens is 2. The maximum atomic E-state index is 10.1. The highest BCUT2D eigenvalue weighted by Gasteiger charge is 2.20. The quantitative estimate of drug-likeness (QED) is 0.732. The van der Waals surface area contributed by atoms with Gasteiger partial charge in [-0.25, -0.2) is 0 Å². The SMILES string of the molecule is CCn1cc(CC(C)(O)CCNC)cn1. The molecule has 1 aromatic rings. The summed E-state index contributed by atoms with van der Waals surface area (Å²) in [7, 11) is 1.89. The number of aliphatic hydroxyl groups is 1. The van der Waals surface area contributed by atoms with Gasteiger partial charge in [0, 0.05) is 19.2 Å². The molecule has 0 aliphatic heterocycles. The first-order valence-corrected chi connectivity index (χ1v) is 5.45. The molecule has 4 nitrogen and oxygen atoms in total. The zero-order valence-electron chi connectivity index (χ0n) is 9.82. The number of hydrogen-bond donors (Lipinski definition) is 2. The Hall–Kier alpha value is -0.870. The fourth-order valence-electron chi connectivity index (χ4n) is 1.59. The van der Waals surface area contributed by atoms with Gasteiger partial charge < -0.3 is 10.4 Å². The van der Waals surface area contributed by atoms with Crippen LogP contribution in [-0.4, -0.2) is 34.1 Å². The molecule has 2 N–H and O–H groups in total. The Bertz CT molecular complexity index is 294. The van der Waals surface area contributed by atoms with Crippen molar-refractivity contribution in [1.29, 1.82) is 0 Å². The largest absolute Gasteiger partial charge is 0.390 e. The van der Waals surface area contributed by atoms with Crippen LogP contribution in [0.15, 0.2) is 12.4 Å². The van der Waals surface area contributed by atoms with E-state index in [1.54, 1.807) is 0 Å². The van der Waals surface area contributed by atoms with Crippen molar-refractivity contribution < 1.29 is 5.11 Å². The number of nitrogens with one attached hydrogen (secondary N) is 1. The van der Waals surface area contributed by atoms with Crippen molar-refractivity contribution in [3.8, 4) is 0 Å². The minimum Gasteiger partial charge on any atom is -0.390 e. The standard InChI is InChI=1S/C11H21N3O/c1-4-14-9-10(8-13-14)7-11(2,15)5-6-12-3/h8-9,12,15H,4-7H2,1-3H3. The highest BCUT2D eigenvalue weighted by atomic mass is 16.3. The maximum Gasteiger partial charge on any atom is 0.0673 e. The second kappa shape index (κ2) is 5.28. The third-order valence-electron chi connectivity index (χ3n) is 2.51. The van der Waals surface area contributed by atoms with Crippen molar-refractivity contribution in [2.24, 2.45) is 0 Å². The summed E-state index contributed by atoms with van der Waals surface area (Å²) in [6, 6.07) is 0. The summed E-state index contributed by atoms with van der Waals surface area (Å²) in [5, 5.41) is 17.3. The molecule has 1 unspecified atom stereocenters. The van der Waals surface area contributed by atoms with E-state index in [2.05, 4.69) is 17.3 Å². The fourth-order valence-corrected chi connectivity index (χ4v) is 1.59. The van der Waals surface area contributed by atoms with Gasteiger partial charge in [-0.05, 0) is 39.4 Å². The van der Waals surface area contributed by atoms with E-state index in [4.69, 9.17) is 0 Å². The van der Waals surface area contributed by atoms with Crippen LogP contribution in [0.5, 0.6) is 0 Å². The first kappa shape index (κ1) is 12.2. The lowest BCUT2D eigenvalue weighted by Crippen LogP contribution is -2.31. The van der Waals surface area contributed by atoms with Crippen LogP contribution in [0, 0.1) is 0 Å². The molecule has 0 bridgehead atoms. The predicted octanol–water partition coefficient (Wildman–Crippen LogP) is 0.806. The van der Waals surface area contributed by atoms with Crippen molar-refractivity contribution in [2.75, 3.05) is 13.6 Å². The molecule has 0 aliphatic rings. The van der Waals surface area contributed by atoms with Crippen LogP contribution in [0.2, 0.25) is 0 Å². The smallest absolute Gasteiger partial charge is 0.0673 e. The summed E-state index contributed by atoms with van der Waals surface area (Å²) in [6.45, 7) is 5.62. The average molecular weight is 211 g/mol. The first-order valence-electron chi connectivity index (χ1n) is 5.45. The number of nitrogens with zero attached hydrogens (tertiary/aromatic N) is 2. The summed E-state index contributed by atoms with van der Waals surface area (Å²) in [5.41, 5.74) is 0.447. The molecule has 86 valence electrons. The Morgan fingerprint density at radius 1 is 1.60 bits per heavy atom. The van der Waals surface area contributed by atoms with Crippen LogP contribution < -0.4 is 5.32 Å². The lowest BCUT2D eigenvalue weighted by molar-refractivity contribution is 0.0520. The van der Waals surface area contributed by atoms with Gasteiger partial charge in [-0.1, -0.05) is 0 Å². The molecular formula is C11H21N3O. The molecule has 1 rings (SSSR count). The van der Waals surface area contributed by atoms with Crippen LogP contribution in [0.4, 0.5) is 0 Å². The van der Waals surface area contributed by atoms with E-state index >= 15 is 0 Å². The maximum absolute atomic E-state index is 10.1. The second-order valence-electron chi connectivity index (χ2n) is 4.23. The predicted molar refractivity (Wildman–Crippen MR) is 60.8 cm³/mol. The van der Waals surface area contributed by atoms with Gasteiger partial charge in [0.25, 0.3) is 0 Å². The third kappa shape index (κ3) is 4.01. The molecule has 0 aliphatic carbocycles. The molecule has 4 heteroatoms. The van der Waals surface area contributed by atoms with Crippen molar-refractivity contribution in [3.05, 3.63) is 18.0 Å². The van der Waals surface area contributed by atoms with Gasteiger partial charge in [0.2, 0.25) is 0 Å². The summed E-state index contributed by atoms with van der Waals surface area (Å²) < 4.78 is 1.88. The summed E-state index contributed by atoms with van der Waals surface area (Å²) in [5.74, 6) is 0. The topological polar surface area (TPSA) is 50.1 Å². The third-order valence-corrected chi connectivity index (χ3v) is 2.51. The Kier molecular flexibility index (Phi) is 4.29. The van der Waals surface area contributed by atoms with E-state index in [1.165, 1.54) is 0 Å². The van der Waals surface area contributed by atoms with E-state index in [0.29, 0.717) is 6.42 Å². The molecule has 0 saturated carbocycles. The van der Waals surface area contributed by atoms with E-state index in [-0.39, 0.29) is 0 Å². The molecule has 1 atom stereocenters. The Morgan fingerprint density at radius 2 is 2.33 bits per heavy atom. The summed E-state index contributed by atoms with van der Waals surface area (Å²) >= 11 is 0. The Balaban J connectivity index is 2.52. The molecule has 0 spiro atoms. The minimum atomic E-state index is -0.648. The fraction of sp³-hybridized carbons (Fsp3) is 0.727. The molecule has 0 aromatic carbocycles. The molecule has 1 heterocycles. The lowest BCUT2D eigenvalue weighted by Gasteiger charge is -2.22. The highest BCUT2D eigenvalue weighted by Crippen LogP contribution is 2.15. The summed E-state index contributed by atoms with van der Waals surface area (Å²) in [4.78, 5) is 0. The molecular weight excluding hydrogens is 190 g/mol. The number of hydrogen-bond acceptors (Lipinski definition) is 3. The first-order chi connectivity index (χ1) is 7.07. The lowest BCUT2D eigenvalue weighted by atomic mass is 9.95. The number of aryl methyl sites for hydroxylation is 1. The summed E-state index contributed by atoms with van der Waals surface area (Å²) in [6.07, 6.45) is 5.24. The van der Waals surface area contributed by atoms with Gasteiger partial charge in [0.15, 0.2) is 0 Å². The van der Waals surface area contributed by atoms with Crippen molar-refractivity contribution in [3.63, 3.8) is 0 Å². The van der Waals surface area contributed by atoms with E-state index in [1.807, 2.05) is 31.0 Å². The van der Waals surface area contributed by atoms with Crippen LogP contribution in [-0.2, 0) is 13.0 Å². The Morgan fingerprint density at radius 3 is 2.87 bits per heavy atom. The Labute approximate surface area is 91.3 Å². The van der Waals surface area contributed by atoms with Crippen molar-refractivity contribution >= 4 is 0 Å². The van der Waals surface area contributed by atoms with Crippen LogP contribution >= 0.6 is 0 Å². The van der Waals surface area contributed by atoms with Gasteiger partial charge >= 0.3 is 0 Å². The molecule has 0 amide bonds. The van der Waals surface area contributed by atoms with Gasteiger partial charge in [-0.2, -0.15) is 5.10 Å². The molecule has 0 saturated heterocycles. The van der Waals surface area contributed by atoms with E-state index in [0.717, 1.165) is 25.1 Å². The molecule has 0 radical (unpaired) electrons. The van der Waals surface area contributed by atoms with E-state index < -0.39 is 5.60 Å².